The molecule has 0 heterocycles. The average Bonchev–Trinajstić information content (AvgIpc) is 2.28. The van der Waals surface area contributed by atoms with Gasteiger partial charge in [-0.3, -0.25) is 0 Å². The van der Waals surface area contributed by atoms with Crippen molar-refractivity contribution in [3.8, 4) is 12.3 Å². The van der Waals surface area contributed by atoms with Gasteiger partial charge in [0, 0.05) is 11.6 Å². The van der Waals surface area contributed by atoms with Crippen molar-refractivity contribution in [3.05, 3.63) is 28.8 Å². The van der Waals surface area contributed by atoms with Crippen LogP contribution in [-0.4, -0.2) is 24.2 Å². The van der Waals surface area contributed by atoms with E-state index in [4.69, 9.17) is 23.1 Å². The third-order valence-electron chi connectivity index (χ3n) is 2.31. The first-order valence-electron chi connectivity index (χ1n) is 5.31. The number of carboxylic acids is 1. The molecule has 0 unspecified atom stereocenters. The Hall–Kier alpha value is -1.66. The molecule has 0 bridgehead atoms. The molecule has 0 aliphatic heterocycles. The zero-order valence-electron chi connectivity index (χ0n) is 9.61. The van der Waals surface area contributed by atoms with Crippen LogP contribution in [0.25, 0.3) is 0 Å². The van der Waals surface area contributed by atoms with Gasteiger partial charge < -0.3 is 10.0 Å². The van der Waals surface area contributed by atoms with Gasteiger partial charge in [0.15, 0.2) is 0 Å². The number of benzene rings is 1. The average molecular weight is 252 g/mol. The van der Waals surface area contributed by atoms with Crippen molar-refractivity contribution >= 4 is 23.3 Å². The molecule has 4 heteroatoms. The highest BCUT2D eigenvalue weighted by Crippen LogP contribution is 2.24. The maximum absolute atomic E-state index is 11.1. The van der Waals surface area contributed by atoms with Crippen molar-refractivity contribution in [2.24, 2.45) is 0 Å². The molecule has 0 fully saturated rings. The van der Waals surface area contributed by atoms with E-state index in [1.807, 2.05) is 11.8 Å². The maximum Gasteiger partial charge on any atom is 0.337 e. The number of carbonyl (C=O) groups is 1. The van der Waals surface area contributed by atoms with E-state index >= 15 is 0 Å². The Morgan fingerprint density at radius 1 is 1.59 bits per heavy atom. The summed E-state index contributed by atoms with van der Waals surface area (Å²) in [5.74, 6) is 1.53. The smallest absolute Gasteiger partial charge is 0.337 e. The number of carboxylic acid groups (broad SMARTS) is 1. The molecule has 0 atom stereocenters. The molecule has 1 aromatic rings. The molecule has 0 spiro atoms. The minimum absolute atomic E-state index is 0.182. The normalized spacial score (nSPS) is 9.71. The molecule has 0 radical (unpaired) electrons. The molecule has 0 amide bonds. The van der Waals surface area contributed by atoms with Crippen LogP contribution in [0.2, 0.25) is 5.02 Å². The zero-order chi connectivity index (χ0) is 12.8. The van der Waals surface area contributed by atoms with Crippen molar-refractivity contribution in [2.45, 2.75) is 13.3 Å². The van der Waals surface area contributed by atoms with Gasteiger partial charge in [0.05, 0.1) is 17.8 Å². The van der Waals surface area contributed by atoms with Crippen molar-refractivity contribution < 1.29 is 9.90 Å². The van der Waals surface area contributed by atoms with Gasteiger partial charge in [-0.1, -0.05) is 24.4 Å². The molecule has 90 valence electrons. The van der Waals surface area contributed by atoms with Gasteiger partial charge in [-0.15, -0.1) is 6.42 Å². The molecular formula is C13H14ClNO2. The fourth-order valence-electron chi connectivity index (χ4n) is 1.62. The van der Waals surface area contributed by atoms with Crippen LogP contribution in [0, 0.1) is 12.3 Å². The second-order valence-corrected chi connectivity index (χ2v) is 4.03. The molecule has 17 heavy (non-hydrogen) atoms. The first-order valence-corrected chi connectivity index (χ1v) is 5.69. The molecule has 1 aromatic carbocycles. The molecule has 0 aromatic heterocycles. The maximum atomic E-state index is 11.1. The molecule has 3 nitrogen and oxygen atoms in total. The summed E-state index contributed by atoms with van der Waals surface area (Å²) in [5.41, 5.74) is 0.794. The van der Waals surface area contributed by atoms with E-state index in [1.54, 1.807) is 12.1 Å². The fraction of sp³-hybridized carbons (Fsp3) is 0.308. The Morgan fingerprint density at radius 2 is 2.29 bits per heavy atom. The molecular weight excluding hydrogens is 238 g/mol. The second kappa shape index (κ2) is 6.17. The SMILES string of the molecule is C#CCN(CCC)c1ccc(Cl)cc1C(=O)O. The Bertz CT molecular complexity index is 451. The molecule has 0 saturated carbocycles. The van der Waals surface area contributed by atoms with Gasteiger partial charge in [0.25, 0.3) is 0 Å². The topological polar surface area (TPSA) is 40.5 Å². The summed E-state index contributed by atoms with van der Waals surface area (Å²) in [7, 11) is 0. The van der Waals surface area contributed by atoms with E-state index in [1.165, 1.54) is 6.07 Å². The first kappa shape index (κ1) is 13.4. The Labute approximate surface area is 106 Å². The number of anilines is 1. The van der Waals surface area contributed by atoms with Crippen LogP contribution in [0.5, 0.6) is 0 Å². The van der Waals surface area contributed by atoms with Crippen LogP contribution < -0.4 is 4.90 Å². The minimum Gasteiger partial charge on any atom is -0.478 e. The quantitative estimate of drug-likeness (QED) is 0.818. The molecule has 0 aliphatic rings. The third-order valence-corrected chi connectivity index (χ3v) is 2.54. The van der Waals surface area contributed by atoms with Gasteiger partial charge >= 0.3 is 5.97 Å². The lowest BCUT2D eigenvalue weighted by molar-refractivity contribution is 0.0697. The standard InChI is InChI=1S/C13H14ClNO2/c1-3-7-15(8-4-2)12-6-5-10(14)9-11(12)13(16)17/h1,5-6,9H,4,7-8H2,2H3,(H,16,17). The van der Waals surface area contributed by atoms with Crippen molar-refractivity contribution in [1.82, 2.24) is 0 Å². The van der Waals surface area contributed by atoms with Crippen LogP contribution in [0.4, 0.5) is 5.69 Å². The summed E-state index contributed by atoms with van der Waals surface area (Å²) in [6, 6.07) is 4.81. The number of hydrogen-bond donors (Lipinski definition) is 1. The van der Waals surface area contributed by atoms with Crippen molar-refractivity contribution in [3.63, 3.8) is 0 Å². The number of halogens is 1. The van der Waals surface area contributed by atoms with Gasteiger partial charge in [-0.25, -0.2) is 4.79 Å². The highest BCUT2D eigenvalue weighted by atomic mass is 35.5. The van der Waals surface area contributed by atoms with Crippen molar-refractivity contribution in [2.75, 3.05) is 18.0 Å². The zero-order valence-corrected chi connectivity index (χ0v) is 10.4. The van der Waals surface area contributed by atoms with Crippen LogP contribution in [0.1, 0.15) is 23.7 Å². The number of aromatic carboxylic acids is 1. The number of nitrogens with zero attached hydrogens (tertiary/aromatic N) is 1. The van der Waals surface area contributed by atoms with Crippen LogP contribution in [-0.2, 0) is 0 Å². The molecule has 1 rings (SSSR count). The summed E-state index contributed by atoms with van der Waals surface area (Å²) in [6.45, 7) is 3.11. The van der Waals surface area contributed by atoms with Crippen LogP contribution in [0.3, 0.4) is 0 Å². The predicted octanol–water partition coefficient (Wildman–Crippen LogP) is 2.89. The first-order chi connectivity index (χ1) is 8.10. The number of terminal acetylenes is 1. The molecule has 0 saturated heterocycles. The summed E-state index contributed by atoms with van der Waals surface area (Å²) in [5, 5.41) is 9.54. The number of hydrogen-bond acceptors (Lipinski definition) is 2. The Kier molecular flexibility index (Phi) is 4.86. The van der Waals surface area contributed by atoms with Crippen LogP contribution >= 0.6 is 11.6 Å². The third kappa shape index (κ3) is 3.40. The lowest BCUT2D eigenvalue weighted by Gasteiger charge is -2.23. The summed E-state index contributed by atoms with van der Waals surface area (Å²) < 4.78 is 0. The predicted molar refractivity (Wildman–Crippen MR) is 69.7 cm³/mol. The lowest BCUT2D eigenvalue weighted by atomic mass is 10.1. The lowest BCUT2D eigenvalue weighted by Crippen LogP contribution is -2.26. The highest BCUT2D eigenvalue weighted by Gasteiger charge is 2.15. The minimum atomic E-state index is -0.999. The van der Waals surface area contributed by atoms with E-state index in [0.29, 0.717) is 23.8 Å². The summed E-state index contributed by atoms with van der Waals surface area (Å²) in [4.78, 5) is 13.0. The van der Waals surface area contributed by atoms with Gasteiger partial charge in [-0.05, 0) is 24.6 Å². The van der Waals surface area contributed by atoms with Gasteiger partial charge in [-0.2, -0.15) is 0 Å². The monoisotopic (exact) mass is 251 g/mol. The van der Waals surface area contributed by atoms with Gasteiger partial charge in [0.2, 0.25) is 0 Å². The van der Waals surface area contributed by atoms with Gasteiger partial charge in [0.1, 0.15) is 0 Å². The number of rotatable bonds is 5. The second-order valence-electron chi connectivity index (χ2n) is 3.59. The van der Waals surface area contributed by atoms with E-state index in [9.17, 15) is 4.79 Å². The van der Waals surface area contributed by atoms with E-state index < -0.39 is 5.97 Å². The van der Waals surface area contributed by atoms with E-state index in [-0.39, 0.29) is 5.56 Å². The highest BCUT2D eigenvalue weighted by molar-refractivity contribution is 6.31. The van der Waals surface area contributed by atoms with E-state index in [0.717, 1.165) is 6.42 Å². The largest absolute Gasteiger partial charge is 0.478 e. The fourth-order valence-corrected chi connectivity index (χ4v) is 1.79. The molecule has 0 aliphatic carbocycles. The van der Waals surface area contributed by atoms with Crippen LogP contribution in [0.15, 0.2) is 18.2 Å². The van der Waals surface area contributed by atoms with Crippen molar-refractivity contribution in [1.29, 1.82) is 0 Å². The Balaban J connectivity index is 3.18. The summed E-state index contributed by atoms with van der Waals surface area (Å²) in [6.07, 6.45) is 6.18. The summed E-state index contributed by atoms with van der Waals surface area (Å²) >= 11 is 5.80. The molecule has 1 N–H and O–H groups in total. The Morgan fingerprint density at radius 3 is 2.82 bits per heavy atom. The van der Waals surface area contributed by atoms with E-state index in [2.05, 4.69) is 5.92 Å².